The molecule has 1 atom stereocenters. The highest BCUT2D eigenvalue weighted by Gasteiger charge is 2.15. The van der Waals surface area contributed by atoms with Gasteiger partial charge in [0, 0.05) is 43.5 Å². The Kier molecular flexibility index (Phi) is 9.11. The number of hydrogen-bond acceptors (Lipinski definition) is 4. The first-order chi connectivity index (χ1) is 12.7. The van der Waals surface area contributed by atoms with Crippen molar-refractivity contribution in [2.45, 2.75) is 32.2 Å². The van der Waals surface area contributed by atoms with E-state index in [4.69, 9.17) is 16.6 Å². The molecule has 27 heavy (non-hydrogen) atoms. The second-order valence-electron chi connectivity index (χ2n) is 6.48. The first kappa shape index (κ1) is 22.2. The van der Waals surface area contributed by atoms with Crippen LogP contribution in [0.3, 0.4) is 0 Å². The summed E-state index contributed by atoms with van der Waals surface area (Å²) in [6.07, 6.45) is 3.45. The molecule has 3 rings (SSSR count). The summed E-state index contributed by atoms with van der Waals surface area (Å²) in [5.74, 6) is 0.794. The number of anilines is 1. The summed E-state index contributed by atoms with van der Waals surface area (Å²) >= 11 is 7.71. The summed E-state index contributed by atoms with van der Waals surface area (Å²) in [5, 5.41) is 10.9. The lowest BCUT2D eigenvalue weighted by molar-refractivity contribution is 0.683. The van der Waals surface area contributed by atoms with Gasteiger partial charge in [-0.15, -0.1) is 35.3 Å². The lowest BCUT2D eigenvalue weighted by Crippen LogP contribution is -2.39. The summed E-state index contributed by atoms with van der Waals surface area (Å²) in [7, 11) is 1.79. The van der Waals surface area contributed by atoms with Crippen LogP contribution in [-0.2, 0) is 6.42 Å². The smallest absolute Gasteiger partial charge is 0.191 e. The number of nitrogens with one attached hydrogen (secondary N) is 2. The van der Waals surface area contributed by atoms with Gasteiger partial charge in [0.2, 0.25) is 0 Å². The van der Waals surface area contributed by atoms with Gasteiger partial charge < -0.3 is 15.5 Å². The van der Waals surface area contributed by atoms with E-state index in [1.54, 1.807) is 18.4 Å². The molecule has 5 nitrogen and oxygen atoms in total. The maximum Gasteiger partial charge on any atom is 0.191 e. The van der Waals surface area contributed by atoms with Crippen molar-refractivity contribution in [2.75, 3.05) is 31.6 Å². The van der Waals surface area contributed by atoms with Crippen molar-refractivity contribution in [1.29, 1.82) is 0 Å². The highest BCUT2D eigenvalue weighted by atomic mass is 127. The van der Waals surface area contributed by atoms with Crippen LogP contribution in [0, 0.1) is 0 Å². The predicted octanol–water partition coefficient (Wildman–Crippen LogP) is 4.48. The molecule has 0 aliphatic carbocycles. The maximum atomic E-state index is 5.95. The van der Waals surface area contributed by atoms with E-state index in [1.807, 2.05) is 24.3 Å². The van der Waals surface area contributed by atoms with Gasteiger partial charge in [-0.25, -0.2) is 4.98 Å². The molecule has 1 aliphatic rings. The van der Waals surface area contributed by atoms with E-state index in [0.29, 0.717) is 0 Å². The Morgan fingerprint density at radius 2 is 2.00 bits per heavy atom. The third-order valence-electron chi connectivity index (χ3n) is 4.54. The standard InChI is InChI=1S/C19H26ClN5S.HI/c1-14(15-5-7-16(20)8-6-15)23-18(21-2)22-10-9-17-13-26-19(24-17)25-11-3-4-12-25;/h5-8,13-14H,3-4,9-12H2,1-2H3,(H2,21,22,23);1H. The summed E-state index contributed by atoms with van der Waals surface area (Å²) < 4.78 is 0. The van der Waals surface area contributed by atoms with Crippen LogP contribution in [0.4, 0.5) is 5.13 Å². The second-order valence-corrected chi connectivity index (χ2v) is 7.76. The van der Waals surface area contributed by atoms with Crippen molar-refractivity contribution in [2.24, 2.45) is 4.99 Å². The summed E-state index contributed by atoms with van der Waals surface area (Å²) in [5.41, 5.74) is 2.32. The van der Waals surface area contributed by atoms with Crippen LogP contribution in [0.15, 0.2) is 34.6 Å². The predicted molar refractivity (Wildman–Crippen MR) is 127 cm³/mol. The number of hydrogen-bond donors (Lipinski definition) is 2. The Hall–Kier alpha value is -1.06. The van der Waals surface area contributed by atoms with E-state index in [-0.39, 0.29) is 30.0 Å². The topological polar surface area (TPSA) is 52.6 Å². The average molecular weight is 520 g/mol. The number of rotatable bonds is 6. The lowest BCUT2D eigenvalue weighted by atomic mass is 10.1. The minimum atomic E-state index is 0. The molecule has 1 fully saturated rings. The molecule has 1 aromatic carbocycles. The lowest BCUT2D eigenvalue weighted by Gasteiger charge is -2.18. The number of aromatic nitrogens is 1. The van der Waals surface area contributed by atoms with Gasteiger partial charge in [0.05, 0.1) is 11.7 Å². The third-order valence-corrected chi connectivity index (χ3v) is 5.74. The van der Waals surface area contributed by atoms with Crippen LogP contribution in [0.5, 0.6) is 0 Å². The Bertz CT molecular complexity index is 728. The molecule has 0 bridgehead atoms. The molecule has 8 heteroatoms. The first-order valence-electron chi connectivity index (χ1n) is 9.07. The molecule has 1 aliphatic heterocycles. The molecule has 0 amide bonds. The quantitative estimate of drug-likeness (QED) is 0.336. The van der Waals surface area contributed by atoms with Crippen molar-refractivity contribution < 1.29 is 0 Å². The highest BCUT2D eigenvalue weighted by molar-refractivity contribution is 14.0. The zero-order chi connectivity index (χ0) is 18.4. The average Bonchev–Trinajstić information content (AvgIpc) is 3.33. The van der Waals surface area contributed by atoms with Crippen LogP contribution in [0.1, 0.15) is 37.1 Å². The maximum absolute atomic E-state index is 5.95. The molecule has 0 spiro atoms. The summed E-state index contributed by atoms with van der Waals surface area (Å²) in [4.78, 5) is 11.5. The van der Waals surface area contributed by atoms with Crippen LogP contribution >= 0.6 is 46.9 Å². The second kappa shape index (κ2) is 11.1. The molecular formula is C19H27ClIN5S. The van der Waals surface area contributed by atoms with Crippen molar-refractivity contribution in [1.82, 2.24) is 15.6 Å². The fraction of sp³-hybridized carbons (Fsp3) is 0.474. The minimum Gasteiger partial charge on any atom is -0.356 e. The molecule has 2 heterocycles. The number of thiazole rings is 1. The van der Waals surface area contributed by atoms with Gasteiger partial charge in [-0.05, 0) is 37.5 Å². The Morgan fingerprint density at radius 3 is 2.67 bits per heavy atom. The van der Waals surface area contributed by atoms with Gasteiger partial charge in [-0.2, -0.15) is 0 Å². The number of halogens is 2. The fourth-order valence-electron chi connectivity index (χ4n) is 3.01. The minimum absolute atomic E-state index is 0. The number of aliphatic imine (C=N–C) groups is 1. The van der Waals surface area contributed by atoms with E-state index in [0.717, 1.165) is 47.9 Å². The number of nitrogens with zero attached hydrogens (tertiary/aromatic N) is 3. The molecular weight excluding hydrogens is 493 g/mol. The Morgan fingerprint density at radius 1 is 1.30 bits per heavy atom. The number of guanidine groups is 1. The van der Waals surface area contributed by atoms with Gasteiger partial charge in [0.25, 0.3) is 0 Å². The van der Waals surface area contributed by atoms with E-state index in [9.17, 15) is 0 Å². The molecule has 2 aromatic rings. The molecule has 2 N–H and O–H groups in total. The molecule has 1 aromatic heterocycles. The van der Waals surface area contributed by atoms with Crippen LogP contribution in [-0.4, -0.2) is 37.6 Å². The van der Waals surface area contributed by atoms with Crippen molar-refractivity contribution in [3.05, 3.63) is 45.9 Å². The van der Waals surface area contributed by atoms with Crippen molar-refractivity contribution in [3.63, 3.8) is 0 Å². The van der Waals surface area contributed by atoms with Crippen molar-refractivity contribution in [3.8, 4) is 0 Å². The van der Waals surface area contributed by atoms with E-state index in [1.165, 1.54) is 18.4 Å². The van der Waals surface area contributed by atoms with Gasteiger partial charge in [-0.1, -0.05) is 23.7 Å². The Balaban J connectivity index is 0.00000261. The first-order valence-corrected chi connectivity index (χ1v) is 10.3. The van der Waals surface area contributed by atoms with Gasteiger partial charge >= 0.3 is 0 Å². The SMILES string of the molecule is CN=C(NCCc1csc(N2CCCC2)n1)NC(C)c1ccc(Cl)cc1.I. The van der Waals surface area contributed by atoms with Crippen LogP contribution in [0.25, 0.3) is 0 Å². The summed E-state index contributed by atoms with van der Waals surface area (Å²) in [6, 6.07) is 8.03. The van der Waals surface area contributed by atoms with E-state index < -0.39 is 0 Å². The Labute approximate surface area is 187 Å². The summed E-state index contributed by atoms with van der Waals surface area (Å²) in [6.45, 7) is 5.20. The molecule has 1 unspecified atom stereocenters. The van der Waals surface area contributed by atoms with Gasteiger partial charge in [-0.3, -0.25) is 4.99 Å². The zero-order valence-corrected chi connectivity index (χ0v) is 19.6. The van der Waals surface area contributed by atoms with E-state index in [2.05, 4.69) is 32.8 Å². The third kappa shape index (κ3) is 6.50. The van der Waals surface area contributed by atoms with Crippen molar-refractivity contribution >= 4 is 58.0 Å². The van der Waals surface area contributed by atoms with Crippen LogP contribution < -0.4 is 15.5 Å². The normalized spacial score (nSPS) is 15.4. The molecule has 1 saturated heterocycles. The highest BCUT2D eigenvalue weighted by Crippen LogP contribution is 2.24. The van der Waals surface area contributed by atoms with Gasteiger partial charge in [0.1, 0.15) is 0 Å². The number of benzene rings is 1. The van der Waals surface area contributed by atoms with E-state index >= 15 is 0 Å². The monoisotopic (exact) mass is 519 g/mol. The molecule has 0 saturated carbocycles. The largest absolute Gasteiger partial charge is 0.356 e. The molecule has 148 valence electrons. The van der Waals surface area contributed by atoms with Gasteiger partial charge in [0.15, 0.2) is 11.1 Å². The molecule has 0 radical (unpaired) electrons. The fourth-order valence-corrected chi connectivity index (χ4v) is 4.05. The van der Waals surface area contributed by atoms with Crippen LogP contribution in [0.2, 0.25) is 5.02 Å². The zero-order valence-electron chi connectivity index (χ0n) is 15.7.